The molecular weight excluding hydrogens is 260 g/mol. The van der Waals surface area contributed by atoms with E-state index in [9.17, 15) is 0 Å². The first-order valence-corrected chi connectivity index (χ1v) is 7.76. The molecule has 1 aromatic carbocycles. The number of hydrogen-bond acceptors (Lipinski definition) is 3. The van der Waals surface area contributed by atoms with Gasteiger partial charge in [-0.15, -0.1) is 0 Å². The summed E-state index contributed by atoms with van der Waals surface area (Å²) in [6.45, 7) is 10.9. The molecule has 0 aliphatic rings. The Labute approximate surface area is 127 Å². The zero-order valence-electron chi connectivity index (χ0n) is 13.4. The van der Waals surface area contributed by atoms with Crippen molar-refractivity contribution >= 4 is 11.0 Å². The van der Waals surface area contributed by atoms with Gasteiger partial charge in [-0.2, -0.15) is 5.26 Å². The summed E-state index contributed by atoms with van der Waals surface area (Å²) in [5, 5.41) is 9.15. The van der Waals surface area contributed by atoms with Crippen LogP contribution in [0.4, 0.5) is 0 Å². The lowest BCUT2D eigenvalue weighted by Gasteiger charge is -2.26. The first-order valence-electron chi connectivity index (χ1n) is 7.76. The monoisotopic (exact) mass is 284 g/mol. The number of aromatic nitrogens is 2. The second-order valence-electron chi connectivity index (χ2n) is 5.29. The predicted molar refractivity (Wildman–Crippen MR) is 86.1 cm³/mol. The van der Waals surface area contributed by atoms with E-state index in [-0.39, 0.29) is 6.04 Å². The highest BCUT2D eigenvalue weighted by atomic mass is 15.2. The lowest BCUT2D eigenvalue weighted by molar-refractivity contribution is 0.222. The van der Waals surface area contributed by atoms with Crippen LogP contribution in [0.5, 0.6) is 0 Å². The van der Waals surface area contributed by atoms with Gasteiger partial charge >= 0.3 is 0 Å². The smallest absolute Gasteiger partial charge is 0.127 e. The summed E-state index contributed by atoms with van der Waals surface area (Å²) in [4.78, 5) is 7.18. The second kappa shape index (κ2) is 6.73. The number of rotatable bonds is 6. The first kappa shape index (κ1) is 15.5. The number of imidazole rings is 1. The molecular formula is C17H24N4. The normalized spacial score (nSPS) is 12.8. The topological polar surface area (TPSA) is 44.9 Å². The Morgan fingerprint density at radius 3 is 2.57 bits per heavy atom. The number of nitrogens with zero attached hydrogens (tertiary/aromatic N) is 4. The fourth-order valence-corrected chi connectivity index (χ4v) is 2.90. The van der Waals surface area contributed by atoms with E-state index in [2.05, 4.69) is 61.4 Å². The van der Waals surface area contributed by atoms with Gasteiger partial charge in [0, 0.05) is 0 Å². The van der Waals surface area contributed by atoms with Crippen molar-refractivity contribution in [2.75, 3.05) is 13.1 Å². The van der Waals surface area contributed by atoms with E-state index in [1.165, 1.54) is 5.56 Å². The quantitative estimate of drug-likeness (QED) is 0.815. The molecule has 4 heteroatoms. The standard InChI is InChI=1S/C17H24N4/c1-5-14-8-9-16-15(12-14)19-17(21(16)11-10-18)13(4)20(6-2)7-3/h8-9,12-13H,5-7,11H2,1-4H3. The van der Waals surface area contributed by atoms with Crippen molar-refractivity contribution in [1.82, 2.24) is 14.5 Å². The SMILES string of the molecule is CCc1ccc2c(c1)nc(C(C)N(CC)CC)n2CC#N. The van der Waals surface area contributed by atoms with E-state index < -0.39 is 0 Å². The van der Waals surface area contributed by atoms with E-state index >= 15 is 0 Å². The van der Waals surface area contributed by atoms with Crippen molar-refractivity contribution < 1.29 is 0 Å². The molecule has 1 heterocycles. The summed E-state index contributed by atoms with van der Waals surface area (Å²) < 4.78 is 2.05. The highest BCUT2D eigenvalue weighted by Gasteiger charge is 2.20. The molecule has 112 valence electrons. The van der Waals surface area contributed by atoms with Crippen LogP contribution in [0, 0.1) is 11.3 Å². The zero-order valence-corrected chi connectivity index (χ0v) is 13.4. The van der Waals surface area contributed by atoms with Gasteiger partial charge in [0.2, 0.25) is 0 Å². The van der Waals surface area contributed by atoms with Gasteiger partial charge in [0.15, 0.2) is 0 Å². The van der Waals surface area contributed by atoms with Crippen LogP contribution in [0.3, 0.4) is 0 Å². The largest absolute Gasteiger partial charge is 0.313 e. The number of aryl methyl sites for hydroxylation is 1. The minimum absolute atomic E-state index is 0.214. The Hall–Kier alpha value is -1.86. The molecule has 4 nitrogen and oxygen atoms in total. The number of benzene rings is 1. The zero-order chi connectivity index (χ0) is 15.4. The maximum Gasteiger partial charge on any atom is 0.127 e. The van der Waals surface area contributed by atoms with Crippen LogP contribution in [0.25, 0.3) is 11.0 Å². The molecule has 0 radical (unpaired) electrons. The van der Waals surface area contributed by atoms with E-state index in [0.29, 0.717) is 6.54 Å². The van der Waals surface area contributed by atoms with E-state index in [1.807, 2.05) is 0 Å². The molecule has 0 amide bonds. The third-order valence-electron chi connectivity index (χ3n) is 4.21. The molecule has 2 aromatic rings. The van der Waals surface area contributed by atoms with E-state index in [4.69, 9.17) is 10.2 Å². The molecule has 0 fully saturated rings. The molecule has 21 heavy (non-hydrogen) atoms. The van der Waals surface area contributed by atoms with Crippen LogP contribution < -0.4 is 0 Å². The Kier molecular flexibility index (Phi) is 4.98. The average molecular weight is 284 g/mol. The number of hydrogen-bond donors (Lipinski definition) is 0. The summed E-state index contributed by atoms with van der Waals surface area (Å²) in [6, 6.07) is 8.84. The summed E-state index contributed by atoms with van der Waals surface area (Å²) in [6.07, 6.45) is 1.00. The molecule has 0 spiro atoms. The van der Waals surface area contributed by atoms with Gasteiger partial charge in [-0.05, 0) is 44.1 Å². The Morgan fingerprint density at radius 2 is 2.00 bits per heavy atom. The van der Waals surface area contributed by atoms with Gasteiger partial charge in [0.05, 0.1) is 23.1 Å². The van der Waals surface area contributed by atoms with Gasteiger partial charge in [-0.25, -0.2) is 4.98 Å². The number of nitriles is 1. The Bertz CT molecular complexity index is 647. The molecule has 0 saturated carbocycles. The summed E-state index contributed by atoms with van der Waals surface area (Å²) >= 11 is 0. The van der Waals surface area contributed by atoms with Gasteiger partial charge < -0.3 is 4.57 Å². The second-order valence-corrected chi connectivity index (χ2v) is 5.29. The molecule has 0 saturated heterocycles. The van der Waals surface area contributed by atoms with Crippen molar-refractivity contribution in [2.45, 2.75) is 46.7 Å². The van der Waals surface area contributed by atoms with Crippen LogP contribution in [-0.2, 0) is 13.0 Å². The minimum Gasteiger partial charge on any atom is -0.313 e. The lowest BCUT2D eigenvalue weighted by atomic mass is 10.1. The predicted octanol–water partition coefficient (Wildman–Crippen LogP) is 3.53. The van der Waals surface area contributed by atoms with Crippen molar-refractivity contribution in [3.8, 4) is 6.07 Å². The highest BCUT2D eigenvalue weighted by Crippen LogP contribution is 2.25. The average Bonchev–Trinajstić information content (AvgIpc) is 2.86. The minimum atomic E-state index is 0.214. The first-order chi connectivity index (χ1) is 10.2. The van der Waals surface area contributed by atoms with Crippen molar-refractivity contribution in [3.63, 3.8) is 0 Å². The third kappa shape index (κ3) is 2.93. The molecule has 0 N–H and O–H groups in total. The summed E-state index contributed by atoms with van der Waals surface area (Å²) in [7, 11) is 0. The van der Waals surface area contributed by atoms with Crippen molar-refractivity contribution in [2.24, 2.45) is 0 Å². The molecule has 1 aromatic heterocycles. The highest BCUT2D eigenvalue weighted by molar-refractivity contribution is 5.77. The molecule has 1 atom stereocenters. The summed E-state index contributed by atoms with van der Waals surface area (Å²) in [5.41, 5.74) is 3.34. The van der Waals surface area contributed by atoms with Crippen LogP contribution in [0.1, 0.15) is 45.1 Å². The fraction of sp³-hybridized carbons (Fsp3) is 0.529. The fourth-order valence-electron chi connectivity index (χ4n) is 2.90. The van der Waals surface area contributed by atoms with E-state index in [0.717, 1.165) is 36.4 Å². The van der Waals surface area contributed by atoms with Gasteiger partial charge in [-0.1, -0.05) is 26.8 Å². The van der Waals surface area contributed by atoms with Crippen LogP contribution >= 0.6 is 0 Å². The third-order valence-corrected chi connectivity index (χ3v) is 4.21. The molecule has 0 aliphatic carbocycles. The van der Waals surface area contributed by atoms with Crippen molar-refractivity contribution in [1.29, 1.82) is 5.26 Å². The maximum absolute atomic E-state index is 9.15. The summed E-state index contributed by atoms with van der Waals surface area (Å²) in [5.74, 6) is 0.989. The van der Waals surface area contributed by atoms with Gasteiger partial charge in [0.25, 0.3) is 0 Å². The Morgan fingerprint density at radius 1 is 1.29 bits per heavy atom. The lowest BCUT2D eigenvalue weighted by Crippen LogP contribution is -2.28. The van der Waals surface area contributed by atoms with Gasteiger partial charge in [0.1, 0.15) is 12.4 Å². The van der Waals surface area contributed by atoms with Crippen LogP contribution in [-0.4, -0.2) is 27.5 Å². The van der Waals surface area contributed by atoms with Crippen LogP contribution in [0.15, 0.2) is 18.2 Å². The van der Waals surface area contributed by atoms with Crippen LogP contribution in [0.2, 0.25) is 0 Å². The van der Waals surface area contributed by atoms with Crippen molar-refractivity contribution in [3.05, 3.63) is 29.6 Å². The van der Waals surface area contributed by atoms with E-state index in [1.54, 1.807) is 0 Å². The molecule has 0 aliphatic heterocycles. The maximum atomic E-state index is 9.15. The molecule has 0 bridgehead atoms. The van der Waals surface area contributed by atoms with Gasteiger partial charge in [-0.3, -0.25) is 4.90 Å². The number of fused-ring (bicyclic) bond motifs is 1. The Balaban J connectivity index is 2.56. The molecule has 1 unspecified atom stereocenters. The molecule has 2 rings (SSSR count).